The summed E-state index contributed by atoms with van der Waals surface area (Å²) in [4.78, 5) is 0. The molecular weight excluding hydrogens is 120 g/mol. The van der Waals surface area contributed by atoms with E-state index in [0.29, 0.717) is 0 Å². The van der Waals surface area contributed by atoms with Gasteiger partial charge >= 0.3 is 0 Å². The molecular formula is C7H11Cl. The fourth-order valence-electron chi connectivity index (χ4n) is 0.362. The maximum Gasteiger partial charge on any atom is 0.0547 e. The van der Waals surface area contributed by atoms with Gasteiger partial charge in [-0.15, -0.1) is 18.2 Å². The second kappa shape index (κ2) is 4.92. The van der Waals surface area contributed by atoms with Crippen molar-refractivity contribution >= 4 is 11.6 Å². The van der Waals surface area contributed by atoms with Crippen LogP contribution in [0.25, 0.3) is 0 Å². The molecule has 0 aliphatic rings. The van der Waals surface area contributed by atoms with Crippen LogP contribution in [0, 0.1) is 0 Å². The quantitative estimate of drug-likeness (QED) is 0.407. The molecule has 0 nitrogen and oxygen atoms in total. The number of allylic oxidation sites excluding steroid dienone is 3. The van der Waals surface area contributed by atoms with Gasteiger partial charge in [0, 0.05) is 0 Å². The highest BCUT2D eigenvalue weighted by Crippen LogP contribution is 2.02. The van der Waals surface area contributed by atoms with Crippen LogP contribution in [0.5, 0.6) is 0 Å². The van der Waals surface area contributed by atoms with Crippen molar-refractivity contribution in [1.29, 1.82) is 0 Å². The van der Waals surface area contributed by atoms with Gasteiger partial charge in [0.05, 0.1) is 5.38 Å². The van der Waals surface area contributed by atoms with Gasteiger partial charge in [0.2, 0.25) is 0 Å². The average molecular weight is 131 g/mol. The fourth-order valence-corrected chi connectivity index (χ4v) is 0.465. The van der Waals surface area contributed by atoms with Gasteiger partial charge in [-0.2, -0.15) is 0 Å². The van der Waals surface area contributed by atoms with E-state index in [4.69, 9.17) is 11.6 Å². The highest BCUT2D eigenvalue weighted by atomic mass is 35.5. The molecule has 0 fully saturated rings. The Labute approximate surface area is 55.9 Å². The molecule has 0 aromatic heterocycles. The molecule has 0 bridgehead atoms. The predicted octanol–water partition coefficient (Wildman–Crippen LogP) is 2.75. The molecule has 0 rings (SSSR count). The van der Waals surface area contributed by atoms with Gasteiger partial charge < -0.3 is 0 Å². The summed E-state index contributed by atoms with van der Waals surface area (Å²) in [7, 11) is 0. The lowest BCUT2D eigenvalue weighted by molar-refractivity contribution is 1.06. The van der Waals surface area contributed by atoms with E-state index in [9.17, 15) is 0 Å². The Morgan fingerprint density at radius 3 is 2.75 bits per heavy atom. The summed E-state index contributed by atoms with van der Waals surface area (Å²) >= 11 is 5.67. The third-order valence-electron chi connectivity index (χ3n) is 0.853. The molecule has 0 aromatic rings. The minimum Gasteiger partial charge on any atom is -0.118 e. The summed E-state index contributed by atoms with van der Waals surface area (Å²) in [6.07, 6.45) is 6.64. The predicted molar refractivity (Wildman–Crippen MR) is 39.3 cm³/mol. The van der Waals surface area contributed by atoms with E-state index < -0.39 is 0 Å². The smallest absolute Gasteiger partial charge is 0.0547 e. The normalized spacial score (nSPS) is 14.2. The standard InChI is InChI=1S/C7H11Cl/c1-3-5-6-7(8)4-2/h3-5,7H,2,6H2,1H3/b5-3-. The highest BCUT2D eigenvalue weighted by Gasteiger charge is 1.90. The van der Waals surface area contributed by atoms with Gasteiger partial charge in [0.25, 0.3) is 0 Å². The maximum atomic E-state index is 5.67. The summed E-state index contributed by atoms with van der Waals surface area (Å²) < 4.78 is 0. The van der Waals surface area contributed by atoms with Gasteiger partial charge in [0.15, 0.2) is 0 Å². The Kier molecular flexibility index (Phi) is 4.78. The summed E-state index contributed by atoms with van der Waals surface area (Å²) in [5.74, 6) is 0. The van der Waals surface area contributed by atoms with Crippen LogP contribution in [0.4, 0.5) is 0 Å². The zero-order valence-corrected chi connectivity index (χ0v) is 5.86. The van der Waals surface area contributed by atoms with Crippen molar-refractivity contribution in [3.05, 3.63) is 24.8 Å². The van der Waals surface area contributed by atoms with E-state index in [1.165, 1.54) is 0 Å². The summed E-state index contributed by atoms with van der Waals surface area (Å²) in [6, 6.07) is 0. The lowest BCUT2D eigenvalue weighted by atomic mass is 10.3. The fraction of sp³-hybridized carbons (Fsp3) is 0.429. The van der Waals surface area contributed by atoms with Gasteiger partial charge in [-0.1, -0.05) is 18.2 Å². The van der Waals surface area contributed by atoms with E-state index in [2.05, 4.69) is 6.58 Å². The van der Waals surface area contributed by atoms with Crippen molar-refractivity contribution in [3.8, 4) is 0 Å². The number of hydrogen-bond acceptors (Lipinski definition) is 0. The van der Waals surface area contributed by atoms with E-state index in [0.717, 1.165) is 6.42 Å². The molecule has 0 radical (unpaired) electrons. The molecule has 0 saturated heterocycles. The molecule has 8 heavy (non-hydrogen) atoms. The van der Waals surface area contributed by atoms with Crippen LogP contribution < -0.4 is 0 Å². The topological polar surface area (TPSA) is 0 Å². The first-order valence-corrected chi connectivity index (χ1v) is 3.12. The van der Waals surface area contributed by atoms with Gasteiger partial charge in [-0.3, -0.25) is 0 Å². The van der Waals surface area contributed by atoms with Crippen molar-refractivity contribution in [2.24, 2.45) is 0 Å². The first-order chi connectivity index (χ1) is 3.81. The molecule has 1 unspecified atom stereocenters. The van der Waals surface area contributed by atoms with Crippen LogP contribution >= 0.6 is 11.6 Å². The van der Waals surface area contributed by atoms with E-state index in [-0.39, 0.29) is 5.38 Å². The molecule has 46 valence electrons. The first-order valence-electron chi connectivity index (χ1n) is 2.69. The van der Waals surface area contributed by atoms with Crippen LogP contribution in [0.1, 0.15) is 13.3 Å². The molecule has 0 heterocycles. The van der Waals surface area contributed by atoms with Crippen molar-refractivity contribution in [2.45, 2.75) is 18.7 Å². The summed E-state index contributed by atoms with van der Waals surface area (Å²) in [5, 5.41) is 0.103. The lowest BCUT2D eigenvalue weighted by Gasteiger charge is -1.93. The number of rotatable bonds is 3. The van der Waals surface area contributed by atoms with E-state index >= 15 is 0 Å². The molecule has 0 saturated carbocycles. The van der Waals surface area contributed by atoms with Crippen molar-refractivity contribution in [2.75, 3.05) is 0 Å². The highest BCUT2D eigenvalue weighted by molar-refractivity contribution is 6.21. The Bertz CT molecular complexity index is 84.4. The van der Waals surface area contributed by atoms with Crippen molar-refractivity contribution in [1.82, 2.24) is 0 Å². The summed E-state index contributed by atoms with van der Waals surface area (Å²) in [5.41, 5.74) is 0. The SMILES string of the molecule is C=CC(Cl)C/C=C\C. The zero-order valence-electron chi connectivity index (χ0n) is 5.10. The number of hydrogen-bond donors (Lipinski definition) is 0. The average Bonchev–Trinajstić information content (AvgIpc) is 1.83. The molecule has 0 aliphatic carbocycles. The molecule has 0 aliphatic heterocycles. The van der Waals surface area contributed by atoms with E-state index in [1.807, 2.05) is 19.1 Å². The Balaban J connectivity index is 3.23. The van der Waals surface area contributed by atoms with Gasteiger partial charge in [0.1, 0.15) is 0 Å². The van der Waals surface area contributed by atoms with Crippen LogP contribution in [-0.2, 0) is 0 Å². The van der Waals surface area contributed by atoms with Gasteiger partial charge in [-0.05, 0) is 13.3 Å². The first kappa shape index (κ1) is 7.77. The second-order valence-electron chi connectivity index (χ2n) is 1.56. The number of alkyl halides is 1. The molecule has 1 heteroatoms. The van der Waals surface area contributed by atoms with Crippen LogP contribution in [0.15, 0.2) is 24.8 Å². The molecule has 0 N–H and O–H groups in total. The zero-order chi connectivity index (χ0) is 6.41. The van der Waals surface area contributed by atoms with Crippen molar-refractivity contribution in [3.63, 3.8) is 0 Å². The Hall–Kier alpha value is -0.230. The van der Waals surface area contributed by atoms with Crippen LogP contribution in [0.2, 0.25) is 0 Å². The third-order valence-corrected chi connectivity index (χ3v) is 1.21. The molecule has 0 aromatic carbocycles. The Morgan fingerprint density at radius 2 is 2.38 bits per heavy atom. The lowest BCUT2D eigenvalue weighted by Crippen LogP contribution is -1.86. The Morgan fingerprint density at radius 1 is 1.75 bits per heavy atom. The van der Waals surface area contributed by atoms with Crippen LogP contribution in [-0.4, -0.2) is 5.38 Å². The maximum absolute atomic E-state index is 5.67. The minimum atomic E-state index is 0.103. The largest absolute Gasteiger partial charge is 0.118 e. The third kappa shape index (κ3) is 3.94. The second-order valence-corrected chi connectivity index (χ2v) is 2.12. The molecule has 0 spiro atoms. The minimum absolute atomic E-state index is 0.103. The van der Waals surface area contributed by atoms with Gasteiger partial charge in [-0.25, -0.2) is 0 Å². The summed E-state index contributed by atoms with van der Waals surface area (Å²) in [6.45, 7) is 5.53. The number of halogens is 1. The molecule has 1 atom stereocenters. The van der Waals surface area contributed by atoms with Crippen LogP contribution in [0.3, 0.4) is 0 Å². The van der Waals surface area contributed by atoms with Crippen molar-refractivity contribution < 1.29 is 0 Å². The van der Waals surface area contributed by atoms with E-state index in [1.54, 1.807) is 6.08 Å². The molecule has 0 amide bonds. The monoisotopic (exact) mass is 130 g/mol.